The minimum Gasteiger partial charge on any atom is -0.466 e. The van der Waals surface area contributed by atoms with Gasteiger partial charge in [-0.2, -0.15) is 0 Å². The summed E-state index contributed by atoms with van der Waals surface area (Å²) in [5.41, 5.74) is 8.08. The SMILES string of the molecule is CCOC(=O)CC(NS(=O)(=O)C1(NC(N)=S)C=CC=C(c2ccccc2)C1)c1ccccc1. The molecule has 2 aromatic rings. The zero-order valence-electron chi connectivity index (χ0n) is 18.2. The lowest BCUT2D eigenvalue weighted by Crippen LogP contribution is -2.59. The third-order valence-electron chi connectivity index (χ3n) is 5.25. The molecule has 0 fully saturated rings. The largest absolute Gasteiger partial charge is 0.466 e. The number of hydrogen-bond acceptors (Lipinski definition) is 5. The molecule has 174 valence electrons. The predicted octanol–water partition coefficient (Wildman–Crippen LogP) is 3.17. The van der Waals surface area contributed by atoms with Gasteiger partial charge in [0.05, 0.1) is 19.1 Å². The predicted molar refractivity (Wildman–Crippen MR) is 133 cm³/mol. The summed E-state index contributed by atoms with van der Waals surface area (Å²) in [5, 5.41) is 2.63. The van der Waals surface area contributed by atoms with E-state index in [1.165, 1.54) is 6.08 Å². The Morgan fingerprint density at radius 2 is 1.79 bits per heavy atom. The number of carbonyl (C=O) groups excluding carboxylic acids is 1. The van der Waals surface area contributed by atoms with Gasteiger partial charge in [0.25, 0.3) is 0 Å². The molecule has 9 heteroatoms. The van der Waals surface area contributed by atoms with Gasteiger partial charge in [-0.05, 0) is 41.9 Å². The Morgan fingerprint density at radius 3 is 2.39 bits per heavy atom. The number of rotatable bonds is 9. The van der Waals surface area contributed by atoms with Crippen LogP contribution < -0.4 is 15.8 Å². The Kier molecular flexibility index (Phi) is 8.01. The van der Waals surface area contributed by atoms with Crippen LogP contribution in [0.1, 0.15) is 36.9 Å². The van der Waals surface area contributed by atoms with Crippen LogP contribution in [0.3, 0.4) is 0 Å². The van der Waals surface area contributed by atoms with Crippen LogP contribution in [-0.2, 0) is 19.6 Å². The first-order valence-corrected chi connectivity index (χ1v) is 12.4. The van der Waals surface area contributed by atoms with Crippen molar-refractivity contribution in [3.05, 3.63) is 90.0 Å². The van der Waals surface area contributed by atoms with Gasteiger partial charge in [0.2, 0.25) is 10.0 Å². The van der Waals surface area contributed by atoms with Crippen molar-refractivity contribution < 1.29 is 17.9 Å². The summed E-state index contributed by atoms with van der Waals surface area (Å²) in [6.45, 7) is 1.90. The van der Waals surface area contributed by atoms with E-state index in [1.807, 2.05) is 42.5 Å². The molecule has 0 heterocycles. The van der Waals surface area contributed by atoms with E-state index in [9.17, 15) is 13.2 Å². The molecule has 1 aliphatic carbocycles. The Hall–Kier alpha value is -3.01. The summed E-state index contributed by atoms with van der Waals surface area (Å²) in [7, 11) is -4.15. The first-order chi connectivity index (χ1) is 15.8. The van der Waals surface area contributed by atoms with Crippen LogP contribution in [0.4, 0.5) is 0 Å². The van der Waals surface area contributed by atoms with Crippen LogP contribution >= 0.6 is 12.2 Å². The zero-order valence-corrected chi connectivity index (χ0v) is 19.9. The molecule has 0 bridgehead atoms. The third-order valence-corrected chi connectivity index (χ3v) is 7.29. The molecule has 0 spiro atoms. The average Bonchev–Trinajstić information content (AvgIpc) is 2.79. The third kappa shape index (κ3) is 6.07. The maximum atomic E-state index is 13.8. The molecule has 2 unspecified atom stereocenters. The van der Waals surface area contributed by atoms with E-state index >= 15 is 0 Å². The van der Waals surface area contributed by atoms with Crippen LogP contribution in [0.25, 0.3) is 5.57 Å². The normalized spacial score (nSPS) is 18.8. The van der Waals surface area contributed by atoms with E-state index in [-0.39, 0.29) is 24.6 Å². The smallest absolute Gasteiger partial charge is 0.307 e. The van der Waals surface area contributed by atoms with Crippen molar-refractivity contribution in [2.45, 2.75) is 30.7 Å². The first-order valence-electron chi connectivity index (χ1n) is 10.5. The lowest BCUT2D eigenvalue weighted by Gasteiger charge is -2.36. The van der Waals surface area contributed by atoms with Gasteiger partial charge in [-0.15, -0.1) is 0 Å². The van der Waals surface area contributed by atoms with Gasteiger partial charge in [-0.3, -0.25) is 4.79 Å². The molecule has 7 nitrogen and oxygen atoms in total. The van der Waals surface area contributed by atoms with Crippen LogP contribution in [0, 0.1) is 0 Å². The molecule has 2 aromatic carbocycles. The maximum Gasteiger partial charge on any atom is 0.307 e. The van der Waals surface area contributed by atoms with Crippen molar-refractivity contribution in [2.75, 3.05) is 6.61 Å². The van der Waals surface area contributed by atoms with E-state index in [0.717, 1.165) is 11.1 Å². The Bertz CT molecular complexity index is 1150. The Morgan fingerprint density at radius 1 is 1.15 bits per heavy atom. The monoisotopic (exact) mass is 485 g/mol. The van der Waals surface area contributed by atoms with Crippen LogP contribution in [-0.4, -0.2) is 31.0 Å². The van der Waals surface area contributed by atoms with E-state index < -0.39 is 26.9 Å². The van der Waals surface area contributed by atoms with E-state index in [0.29, 0.717) is 5.56 Å². The topological polar surface area (TPSA) is 111 Å². The molecule has 0 amide bonds. The molecule has 1 aliphatic rings. The molecule has 4 N–H and O–H groups in total. The number of sulfonamides is 1. The lowest BCUT2D eigenvalue weighted by molar-refractivity contribution is -0.143. The number of hydrogen-bond donors (Lipinski definition) is 3. The maximum absolute atomic E-state index is 13.8. The van der Waals surface area contributed by atoms with E-state index in [1.54, 1.807) is 37.3 Å². The molecule has 0 saturated heterocycles. The molecule has 3 rings (SSSR count). The van der Waals surface area contributed by atoms with Gasteiger partial charge >= 0.3 is 5.97 Å². The van der Waals surface area contributed by atoms with Gasteiger partial charge in [-0.1, -0.05) is 72.8 Å². The summed E-state index contributed by atoms with van der Waals surface area (Å²) >= 11 is 5.03. The fourth-order valence-electron chi connectivity index (χ4n) is 3.71. The molecular formula is C24H27N3O4S2. The molecule has 33 heavy (non-hydrogen) atoms. The van der Waals surface area contributed by atoms with Crippen LogP contribution in [0.5, 0.6) is 0 Å². The number of nitrogens with one attached hydrogen (secondary N) is 2. The highest BCUT2D eigenvalue weighted by molar-refractivity contribution is 7.91. The quantitative estimate of drug-likeness (QED) is 0.370. The molecular weight excluding hydrogens is 458 g/mol. The summed E-state index contributed by atoms with van der Waals surface area (Å²) in [5.74, 6) is -0.505. The summed E-state index contributed by atoms with van der Waals surface area (Å²) in [6, 6.07) is 17.5. The fourth-order valence-corrected chi connectivity index (χ4v) is 5.61. The van der Waals surface area contributed by atoms with E-state index in [4.69, 9.17) is 22.7 Å². The van der Waals surface area contributed by atoms with Crippen molar-refractivity contribution in [3.63, 3.8) is 0 Å². The number of nitrogens with two attached hydrogens (primary N) is 1. The number of ether oxygens (including phenoxy) is 1. The number of esters is 1. The average molecular weight is 486 g/mol. The molecule has 0 saturated carbocycles. The summed E-state index contributed by atoms with van der Waals surface area (Å²) in [6.07, 6.45) is 4.97. The Labute approximate surface area is 199 Å². The van der Waals surface area contributed by atoms with Gasteiger partial charge < -0.3 is 15.8 Å². The number of benzene rings is 2. The first kappa shape index (κ1) is 24.6. The summed E-state index contributed by atoms with van der Waals surface area (Å²) < 4.78 is 35.4. The highest BCUT2D eigenvalue weighted by Crippen LogP contribution is 2.35. The highest BCUT2D eigenvalue weighted by Gasteiger charge is 2.45. The molecule has 0 aliphatic heterocycles. The number of carbonyl (C=O) groups is 1. The standard InChI is InChI=1S/C24H27N3O4S2/c1-2-31-22(28)16-21(19-12-7-4-8-13-19)27-33(29,30)24(26-23(25)32)15-9-14-20(17-24)18-10-5-3-6-11-18/h3-15,21,27H,2,16-17H2,1H3,(H3,25,26,32). The van der Waals surface area contributed by atoms with E-state index in [2.05, 4.69) is 10.0 Å². The summed E-state index contributed by atoms with van der Waals surface area (Å²) in [4.78, 5) is 10.6. The van der Waals surface area contributed by atoms with Crippen molar-refractivity contribution in [1.29, 1.82) is 0 Å². The van der Waals surface area contributed by atoms with Gasteiger partial charge in [0.15, 0.2) is 9.98 Å². The molecule has 0 aromatic heterocycles. The molecule has 2 atom stereocenters. The number of thiocarbonyl (C=S) groups is 1. The van der Waals surface area contributed by atoms with Gasteiger partial charge in [0, 0.05) is 6.42 Å². The second-order valence-corrected chi connectivity index (χ2v) is 9.98. The van der Waals surface area contributed by atoms with Crippen molar-refractivity contribution in [3.8, 4) is 0 Å². The molecule has 0 radical (unpaired) electrons. The Balaban J connectivity index is 1.97. The zero-order chi connectivity index (χ0) is 23.9. The van der Waals surface area contributed by atoms with Crippen LogP contribution in [0.2, 0.25) is 0 Å². The van der Waals surface area contributed by atoms with Crippen molar-refractivity contribution in [2.24, 2.45) is 5.73 Å². The highest BCUT2D eigenvalue weighted by atomic mass is 32.2. The fraction of sp³-hybridized carbons (Fsp3) is 0.250. The minimum absolute atomic E-state index is 0.0844. The lowest BCUT2D eigenvalue weighted by atomic mass is 9.94. The van der Waals surface area contributed by atoms with Crippen LogP contribution in [0.15, 0.2) is 78.9 Å². The minimum atomic E-state index is -4.15. The second-order valence-electron chi connectivity index (χ2n) is 7.57. The van der Waals surface area contributed by atoms with Crippen molar-refractivity contribution >= 4 is 38.9 Å². The second kappa shape index (κ2) is 10.7. The van der Waals surface area contributed by atoms with Crippen molar-refractivity contribution in [1.82, 2.24) is 10.0 Å². The van der Waals surface area contributed by atoms with Gasteiger partial charge in [-0.25, -0.2) is 13.1 Å². The number of allylic oxidation sites excluding steroid dienone is 2. The van der Waals surface area contributed by atoms with Gasteiger partial charge in [0.1, 0.15) is 0 Å².